The number of carbonyl (C=O) groups excluding carboxylic acids is 1. The third kappa shape index (κ3) is 15.2. The van der Waals surface area contributed by atoms with Gasteiger partial charge >= 0.3 is 0 Å². The largest absolute Gasteiger partial charge is 0.300 e. The van der Waals surface area contributed by atoms with Gasteiger partial charge in [0, 0.05) is 12.8 Å². The van der Waals surface area contributed by atoms with Crippen molar-refractivity contribution in [1.29, 1.82) is 0 Å². The molecular weight excluding hydrogens is 244 g/mol. The summed E-state index contributed by atoms with van der Waals surface area (Å²) >= 11 is 0. The lowest BCUT2D eigenvalue weighted by Crippen LogP contribution is -1.97. The Morgan fingerprint density at radius 2 is 1.40 bits per heavy atom. The predicted molar refractivity (Wildman–Crippen MR) is 90.0 cm³/mol. The lowest BCUT2D eigenvalue weighted by molar-refractivity contribution is -0.119. The Morgan fingerprint density at radius 1 is 0.850 bits per heavy atom. The molecule has 1 nitrogen and oxygen atoms in total. The SMILES string of the molecule is C=CC=CCCCCC(=O)CCCCCCCCCC. The van der Waals surface area contributed by atoms with E-state index in [4.69, 9.17) is 0 Å². The Balaban J connectivity index is 3.20. The molecule has 20 heavy (non-hydrogen) atoms. The van der Waals surface area contributed by atoms with Gasteiger partial charge in [0.15, 0.2) is 0 Å². The number of carbonyl (C=O) groups is 1. The minimum Gasteiger partial charge on any atom is -0.300 e. The Morgan fingerprint density at radius 3 is 2.00 bits per heavy atom. The molecule has 0 aliphatic rings. The van der Waals surface area contributed by atoms with Gasteiger partial charge < -0.3 is 0 Å². The van der Waals surface area contributed by atoms with Gasteiger partial charge in [-0.2, -0.15) is 0 Å². The lowest BCUT2D eigenvalue weighted by atomic mass is 10.0. The van der Waals surface area contributed by atoms with Gasteiger partial charge in [-0.3, -0.25) is 4.79 Å². The monoisotopic (exact) mass is 278 g/mol. The minimum absolute atomic E-state index is 0.462. The number of hydrogen-bond donors (Lipinski definition) is 0. The second-order valence-corrected chi connectivity index (χ2v) is 5.67. The van der Waals surface area contributed by atoms with Crippen LogP contribution < -0.4 is 0 Å². The van der Waals surface area contributed by atoms with E-state index in [9.17, 15) is 4.79 Å². The summed E-state index contributed by atoms with van der Waals surface area (Å²) in [7, 11) is 0. The molecule has 0 saturated carbocycles. The summed E-state index contributed by atoms with van der Waals surface area (Å²) in [6.07, 6.45) is 21.1. The van der Waals surface area contributed by atoms with Gasteiger partial charge in [-0.15, -0.1) is 0 Å². The fraction of sp³-hybridized carbons (Fsp3) is 0.737. The Bertz CT molecular complexity index is 252. The van der Waals surface area contributed by atoms with E-state index in [0.717, 1.165) is 38.5 Å². The van der Waals surface area contributed by atoms with Crippen molar-refractivity contribution in [3.8, 4) is 0 Å². The van der Waals surface area contributed by atoms with E-state index in [2.05, 4.69) is 19.6 Å². The fourth-order valence-corrected chi connectivity index (χ4v) is 2.36. The third-order valence-corrected chi connectivity index (χ3v) is 3.66. The summed E-state index contributed by atoms with van der Waals surface area (Å²) in [4.78, 5) is 11.7. The maximum absolute atomic E-state index is 11.7. The highest BCUT2D eigenvalue weighted by Crippen LogP contribution is 2.11. The third-order valence-electron chi connectivity index (χ3n) is 3.66. The molecule has 0 aliphatic heterocycles. The number of rotatable bonds is 15. The summed E-state index contributed by atoms with van der Waals surface area (Å²) in [6, 6.07) is 0. The molecule has 0 atom stereocenters. The van der Waals surface area contributed by atoms with Gasteiger partial charge in [0.05, 0.1) is 0 Å². The molecule has 0 aliphatic carbocycles. The van der Waals surface area contributed by atoms with Crippen LogP contribution in [0, 0.1) is 0 Å². The molecule has 0 radical (unpaired) electrons. The number of hydrogen-bond acceptors (Lipinski definition) is 1. The smallest absolute Gasteiger partial charge is 0.132 e. The second-order valence-electron chi connectivity index (χ2n) is 5.67. The lowest BCUT2D eigenvalue weighted by Gasteiger charge is -2.02. The fourth-order valence-electron chi connectivity index (χ4n) is 2.36. The molecule has 0 spiro atoms. The molecular formula is C19H34O. The van der Waals surface area contributed by atoms with Crippen LogP contribution in [0.15, 0.2) is 24.8 Å². The molecule has 0 amide bonds. The molecule has 116 valence electrons. The predicted octanol–water partition coefficient (Wildman–Crippen LogP) is 6.39. The van der Waals surface area contributed by atoms with Crippen molar-refractivity contribution in [2.45, 2.75) is 90.4 Å². The Kier molecular flexibility index (Phi) is 15.5. The zero-order valence-corrected chi connectivity index (χ0v) is 13.5. The maximum Gasteiger partial charge on any atom is 0.132 e. The first-order valence-electron chi connectivity index (χ1n) is 8.60. The zero-order chi connectivity index (χ0) is 14.9. The summed E-state index contributed by atoms with van der Waals surface area (Å²) in [5.74, 6) is 0.462. The highest BCUT2D eigenvalue weighted by atomic mass is 16.1. The average Bonchev–Trinajstić information content (AvgIpc) is 2.45. The first-order chi connectivity index (χ1) is 9.81. The number of unbranched alkanes of at least 4 members (excludes halogenated alkanes) is 9. The van der Waals surface area contributed by atoms with Crippen molar-refractivity contribution in [3.05, 3.63) is 24.8 Å². The van der Waals surface area contributed by atoms with Crippen LogP contribution >= 0.6 is 0 Å². The quantitative estimate of drug-likeness (QED) is 0.250. The van der Waals surface area contributed by atoms with Crippen molar-refractivity contribution >= 4 is 5.78 Å². The van der Waals surface area contributed by atoms with Gasteiger partial charge in [-0.05, 0) is 25.7 Å². The zero-order valence-electron chi connectivity index (χ0n) is 13.5. The topological polar surface area (TPSA) is 17.1 Å². The Labute approximate surface area is 126 Å². The van der Waals surface area contributed by atoms with Crippen LogP contribution in [-0.2, 0) is 4.79 Å². The summed E-state index contributed by atoms with van der Waals surface area (Å²) in [5, 5.41) is 0. The van der Waals surface area contributed by atoms with Crippen LogP contribution in [0.2, 0.25) is 0 Å². The second kappa shape index (κ2) is 16.2. The van der Waals surface area contributed by atoms with E-state index in [1.54, 1.807) is 6.08 Å². The van der Waals surface area contributed by atoms with E-state index in [1.165, 1.54) is 44.9 Å². The van der Waals surface area contributed by atoms with Crippen LogP contribution in [0.25, 0.3) is 0 Å². The molecule has 0 aromatic heterocycles. The molecule has 1 heteroatoms. The summed E-state index contributed by atoms with van der Waals surface area (Å²) in [5.41, 5.74) is 0. The van der Waals surface area contributed by atoms with Gasteiger partial charge in [0.1, 0.15) is 5.78 Å². The van der Waals surface area contributed by atoms with Crippen LogP contribution in [0.3, 0.4) is 0 Å². The first kappa shape index (κ1) is 19.1. The normalized spacial score (nSPS) is 11.1. The van der Waals surface area contributed by atoms with Gasteiger partial charge in [-0.25, -0.2) is 0 Å². The van der Waals surface area contributed by atoms with Crippen LogP contribution in [0.1, 0.15) is 90.4 Å². The van der Waals surface area contributed by atoms with E-state index in [0.29, 0.717) is 5.78 Å². The van der Waals surface area contributed by atoms with Crippen molar-refractivity contribution in [3.63, 3.8) is 0 Å². The van der Waals surface area contributed by atoms with Crippen molar-refractivity contribution in [2.24, 2.45) is 0 Å². The maximum atomic E-state index is 11.7. The van der Waals surface area contributed by atoms with E-state index in [1.807, 2.05) is 6.08 Å². The van der Waals surface area contributed by atoms with Crippen LogP contribution in [0.5, 0.6) is 0 Å². The van der Waals surface area contributed by atoms with Crippen LogP contribution in [0.4, 0.5) is 0 Å². The summed E-state index contributed by atoms with van der Waals surface area (Å²) in [6.45, 7) is 5.89. The molecule has 0 N–H and O–H groups in total. The molecule has 0 saturated heterocycles. The molecule has 0 heterocycles. The molecule has 0 rings (SSSR count). The summed E-state index contributed by atoms with van der Waals surface area (Å²) < 4.78 is 0. The standard InChI is InChI=1S/C19H34O/c1-3-5-7-9-11-12-14-16-18-19(20)17-15-13-10-8-6-4-2/h4,6,8H,2-3,5,7,9-18H2,1H3. The first-order valence-corrected chi connectivity index (χ1v) is 8.60. The highest BCUT2D eigenvalue weighted by molar-refractivity contribution is 5.78. The Hall–Kier alpha value is -0.850. The van der Waals surface area contributed by atoms with Crippen LogP contribution in [-0.4, -0.2) is 5.78 Å². The molecule has 0 bridgehead atoms. The van der Waals surface area contributed by atoms with Gasteiger partial charge in [0.25, 0.3) is 0 Å². The van der Waals surface area contributed by atoms with E-state index >= 15 is 0 Å². The number of Topliss-reactive ketones (excluding diaryl/α,β-unsaturated/α-hetero) is 1. The van der Waals surface area contributed by atoms with Gasteiger partial charge in [0.2, 0.25) is 0 Å². The molecule has 0 fully saturated rings. The van der Waals surface area contributed by atoms with Crippen molar-refractivity contribution in [2.75, 3.05) is 0 Å². The van der Waals surface area contributed by atoms with E-state index < -0.39 is 0 Å². The minimum atomic E-state index is 0.462. The van der Waals surface area contributed by atoms with E-state index in [-0.39, 0.29) is 0 Å². The number of ketones is 1. The van der Waals surface area contributed by atoms with Crippen molar-refractivity contribution < 1.29 is 4.79 Å². The average molecular weight is 278 g/mol. The molecule has 0 aromatic rings. The molecule has 0 aromatic carbocycles. The molecule has 0 unspecified atom stereocenters. The number of allylic oxidation sites excluding steroid dienone is 3. The highest BCUT2D eigenvalue weighted by Gasteiger charge is 2.01. The van der Waals surface area contributed by atoms with Gasteiger partial charge in [-0.1, -0.05) is 76.7 Å². The van der Waals surface area contributed by atoms with Crippen molar-refractivity contribution in [1.82, 2.24) is 0 Å².